The Bertz CT molecular complexity index is 559. The summed E-state index contributed by atoms with van der Waals surface area (Å²) in [5, 5.41) is 4.08. The normalized spacial score (nSPS) is 10.3. The van der Waals surface area contributed by atoms with Crippen LogP contribution in [-0.4, -0.2) is 13.2 Å². The highest BCUT2D eigenvalue weighted by molar-refractivity contribution is 6.32. The van der Waals surface area contributed by atoms with Gasteiger partial charge >= 0.3 is 0 Å². The molecule has 20 heavy (non-hydrogen) atoms. The van der Waals surface area contributed by atoms with Crippen LogP contribution >= 0.6 is 11.6 Å². The zero-order valence-corrected chi connectivity index (χ0v) is 12.5. The van der Waals surface area contributed by atoms with Crippen molar-refractivity contribution in [2.75, 3.05) is 24.2 Å². The quantitative estimate of drug-likeness (QED) is 0.645. The largest absolute Gasteiger partial charge is 0.492 e. The average Bonchev–Trinajstić information content (AvgIpc) is 2.43. The molecule has 4 heteroatoms. The second kappa shape index (κ2) is 6.53. The molecule has 0 amide bonds. The highest BCUT2D eigenvalue weighted by atomic mass is 35.5. The average molecular weight is 291 g/mol. The van der Waals surface area contributed by atoms with Gasteiger partial charge in [0.25, 0.3) is 0 Å². The molecule has 0 atom stereocenters. The van der Waals surface area contributed by atoms with E-state index in [-0.39, 0.29) is 0 Å². The van der Waals surface area contributed by atoms with Crippen LogP contribution in [0.4, 0.5) is 11.4 Å². The first-order valence-electron chi connectivity index (χ1n) is 6.55. The molecule has 0 bridgehead atoms. The molecule has 3 N–H and O–H groups in total. The lowest BCUT2D eigenvalue weighted by Crippen LogP contribution is -2.11. The second-order valence-corrected chi connectivity index (χ2v) is 5.15. The summed E-state index contributed by atoms with van der Waals surface area (Å²) < 4.78 is 5.72. The van der Waals surface area contributed by atoms with E-state index in [1.807, 2.05) is 50.2 Å². The predicted molar refractivity (Wildman–Crippen MR) is 85.8 cm³/mol. The molecule has 0 aliphatic heterocycles. The summed E-state index contributed by atoms with van der Waals surface area (Å²) in [6.07, 6.45) is 0. The van der Waals surface area contributed by atoms with Crippen molar-refractivity contribution in [1.82, 2.24) is 0 Å². The number of nitrogens with one attached hydrogen (secondary N) is 1. The molecule has 2 aromatic rings. The molecule has 0 aliphatic rings. The number of ether oxygens (including phenoxy) is 1. The third-order valence-electron chi connectivity index (χ3n) is 3.02. The van der Waals surface area contributed by atoms with Crippen LogP contribution in [0.15, 0.2) is 36.4 Å². The lowest BCUT2D eigenvalue weighted by molar-refractivity contribution is 0.332. The Morgan fingerprint density at radius 3 is 2.30 bits per heavy atom. The van der Waals surface area contributed by atoms with E-state index in [2.05, 4.69) is 5.32 Å². The zero-order valence-electron chi connectivity index (χ0n) is 11.7. The Kier molecular flexibility index (Phi) is 4.74. The van der Waals surface area contributed by atoms with Gasteiger partial charge < -0.3 is 15.8 Å². The Balaban J connectivity index is 1.83. The number of aryl methyl sites for hydroxylation is 2. The minimum atomic E-state index is 0.588. The smallest absolute Gasteiger partial charge is 0.120 e. The van der Waals surface area contributed by atoms with Gasteiger partial charge in [0.05, 0.1) is 0 Å². The maximum atomic E-state index is 6.13. The lowest BCUT2D eigenvalue weighted by Gasteiger charge is -2.11. The monoisotopic (exact) mass is 290 g/mol. The van der Waals surface area contributed by atoms with Gasteiger partial charge in [-0.15, -0.1) is 0 Å². The number of hydrogen-bond acceptors (Lipinski definition) is 3. The van der Waals surface area contributed by atoms with Gasteiger partial charge in [0.1, 0.15) is 12.4 Å². The van der Waals surface area contributed by atoms with Crippen molar-refractivity contribution in [2.24, 2.45) is 0 Å². The first-order chi connectivity index (χ1) is 9.56. The third kappa shape index (κ3) is 3.81. The fourth-order valence-corrected chi connectivity index (χ4v) is 2.06. The maximum absolute atomic E-state index is 6.13. The summed E-state index contributed by atoms with van der Waals surface area (Å²) in [6.45, 7) is 5.28. The molecule has 2 aromatic carbocycles. The predicted octanol–water partition coefficient (Wildman–Crippen LogP) is 4.03. The molecule has 0 saturated carbocycles. The van der Waals surface area contributed by atoms with Gasteiger partial charge in [-0.1, -0.05) is 11.6 Å². The minimum absolute atomic E-state index is 0.588. The Hall–Kier alpha value is -1.87. The first kappa shape index (κ1) is 14.5. The van der Waals surface area contributed by atoms with Gasteiger partial charge in [-0.2, -0.15) is 0 Å². The maximum Gasteiger partial charge on any atom is 0.120 e. The summed E-state index contributed by atoms with van der Waals surface area (Å²) >= 11 is 6.13. The molecule has 0 heterocycles. The molecule has 0 radical (unpaired) electrons. The number of benzene rings is 2. The fourth-order valence-electron chi connectivity index (χ4n) is 1.95. The molecule has 0 spiro atoms. The summed E-state index contributed by atoms with van der Waals surface area (Å²) in [7, 11) is 0. The standard InChI is InChI=1S/C16H19ClN2O/c1-11-9-15(10-12(2)16(11)17)20-8-7-19-14-5-3-13(18)4-6-14/h3-6,9-10,19H,7-8,18H2,1-2H3. The Morgan fingerprint density at radius 1 is 1.10 bits per heavy atom. The highest BCUT2D eigenvalue weighted by Crippen LogP contribution is 2.25. The van der Waals surface area contributed by atoms with Crippen molar-refractivity contribution in [3.05, 3.63) is 52.5 Å². The van der Waals surface area contributed by atoms with Crippen molar-refractivity contribution in [1.29, 1.82) is 0 Å². The van der Waals surface area contributed by atoms with Gasteiger partial charge in [0.2, 0.25) is 0 Å². The van der Waals surface area contributed by atoms with Gasteiger partial charge in [0.15, 0.2) is 0 Å². The second-order valence-electron chi connectivity index (χ2n) is 4.77. The molecule has 0 saturated heterocycles. The minimum Gasteiger partial charge on any atom is -0.492 e. The molecule has 0 aliphatic carbocycles. The number of hydrogen-bond donors (Lipinski definition) is 2. The van der Waals surface area contributed by atoms with Crippen LogP contribution in [0.3, 0.4) is 0 Å². The van der Waals surface area contributed by atoms with E-state index >= 15 is 0 Å². The number of halogens is 1. The van der Waals surface area contributed by atoms with E-state index in [0.717, 1.165) is 39.8 Å². The van der Waals surface area contributed by atoms with Crippen LogP contribution in [0, 0.1) is 13.8 Å². The number of nitrogen functional groups attached to an aromatic ring is 1. The fraction of sp³-hybridized carbons (Fsp3) is 0.250. The molecule has 106 valence electrons. The van der Waals surface area contributed by atoms with Crippen molar-refractivity contribution < 1.29 is 4.74 Å². The number of rotatable bonds is 5. The first-order valence-corrected chi connectivity index (χ1v) is 6.93. The van der Waals surface area contributed by atoms with Crippen molar-refractivity contribution >= 4 is 23.0 Å². The van der Waals surface area contributed by atoms with Crippen LogP contribution in [0.5, 0.6) is 5.75 Å². The summed E-state index contributed by atoms with van der Waals surface area (Å²) in [5.41, 5.74) is 9.50. The Labute approximate surface area is 124 Å². The van der Waals surface area contributed by atoms with E-state index in [0.29, 0.717) is 6.61 Å². The number of nitrogens with two attached hydrogens (primary N) is 1. The molecule has 3 nitrogen and oxygen atoms in total. The van der Waals surface area contributed by atoms with Gasteiger partial charge in [-0.05, 0) is 61.4 Å². The zero-order chi connectivity index (χ0) is 14.5. The molecular weight excluding hydrogens is 272 g/mol. The van der Waals surface area contributed by atoms with Crippen molar-refractivity contribution in [2.45, 2.75) is 13.8 Å². The van der Waals surface area contributed by atoms with Gasteiger partial charge in [-0.25, -0.2) is 0 Å². The molecule has 0 fully saturated rings. The SMILES string of the molecule is Cc1cc(OCCNc2ccc(N)cc2)cc(C)c1Cl. The molecule has 2 rings (SSSR count). The van der Waals surface area contributed by atoms with Crippen LogP contribution < -0.4 is 15.8 Å². The summed E-state index contributed by atoms with van der Waals surface area (Å²) in [4.78, 5) is 0. The van der Waals surface area contributed by atoms with Crippen LogP contribution in [0.1, 0.15) is 11.1 Å². The highest BCUT2D eigenvalue weighted by Gasteiger charge is 2.03. The van der Waals surface area contributed by atoms with E-state index in [1.54, 1.807) is 0 Å². The number of anilines is 2. The summed E-state index contributed by atoms with van der Waals surface area (Å²) in [5.74, 6) is 0.850. The molecule has 0 unspecified atom stereocenters. The lowest BCUT2D eigenvalue weighted by atomic mass is 10.1. The van der Waals surface area contributed by atoms with E-state index < -0.39 is 0 Å². The van der Waals surface area contributed by atoms with Gasteiger partial charge in [-0.3, -0.25) is 0 Å². The van der Waals surface area contributed by atoms with Crippen LogP contribution in [0.25, 0.3) is 0 Å². The molecular formula is C16H19ClN2O. The van der Waals surface area contributed by atoms with Crippen molar-refractivity contribution in [3.63, 3.8) is 0 Å². The van der Waals surface area contributed by atoms with Crippen molar-refractivity contribution in [3.8, 4) is 5.75 Å². The van der Waals surface area contributed by atoms with E-state index in [9.17, 15) is 0 Å². The summed E-state index contributed by atoms with van der Waals surface area (Å²) in [6, 6.07) is 11.6. The molecule has 0 aromatic heterocycles. The topological polar surface area (TPSA) is 47.3 Å². The third-order valence-corrected chi connectivity index (χ3v) is 3.62. The van der Waals surface area contributed by atoms with E-state index in [1.165, 1.54) is 0 Å². The Morgan fingerprint density at radius 2 is 1.70 bits per heavy atom. The van der Waals surface area contributed by atoms with Crippen LogP contribution in [0.2, 0.25) is 5.02 Å². The van der Waals surface area contributed by atoms with Gasteiger partial charge in [0, 0.05) is 22.9 Å². The van der Waals surface area contributed by atoms with Crippen LogP contribution in [-0.2, 0) is 0 Å². The van der Waals surface area contributed by atoms with E-state index in [4.69, 9.17) is 22.1 Å².